The number of nitro groups is 1. The lowest BCUT2D eigenvalue weighted by molar-refractivity contribution is -0.385. The highest BCUT2D eigenvalue weighted by Gasteiger charge is 2.35. The van der Waals surface area contributed by atoms with Crippen molar-refractivity contribution in [1.29, 1.82) is 0 Å². The van der Waals surface area contributed by atoms with E-state index in [1.54, 1.807) is 6.92 Å². The number of aryl methyl sites for hydroxylation is 1. The molecule has 1 aromatic rings. The van der Waals surface area contributed by atoms with E-state index >= 15 is 0 Å². The Kier molecular flexibility index (Phi) is 3.11. The molecule has 1 saturated carbocycles. The zero-order valence-corrected chi connectivity index (χ0v) is 10.5. The molecule has 1 heterocycles. The fourth-order valence-corrected chi connectivity index (χ4v) is 3.06. The Morgan fingerprint density at radius 3 is 2.67 bits per heavy atom. The van der Waals surface area contributed by atoms with Crippen molar-refractivity contribution in [3.8, 4) is 0 Å². The van der Waals surface area contributed by atoms with Crippen molar-refractivity contribution in [2.75, 3.05) is 5.75 Å². The highest BCUT2D eigenvalue weighted by Crippen LogP contribution is 2.38. The van der Waals surface area contributed by atoms with Gasteiger partial charge in [0, 0.05) is 0 Å². The van der Waals surface area contributed by atoms with Crippen molar-refractivity contribution in [3.63, 3.8) is 0 Å². The molecule has 1 N–H and O–H groups in total. The first kappa shape index (κ1) is 13.0. The summed E-state index contributed by atoms with van der Waals surface area (Å²) in [5, 5.41) is 14.7. The Balaban J connectivity index is 2.00. The van der Waals surface area contributed by atoms with Crippen molar-refractivity contribution in [2.45, 2.75) is 25.8 Å². The quantitative estimate of drug-likeness (QED) is 0.496. The average Bonchev–Trinajstić information content (AvgIpc) is 2.51. The van der Waals surface area contributed by atoms with Crippen LogP contribution in [-0.2, 0) is 10.1 Å². The number of nitrogens with zero attached hydrogens (tertiary/aromatic N) is 3. The van der Waals surface area contributed by atoms with E-state index in [4.69, 9.17) is 4.55 Å². The van der Waals surface area contributed by atoms with E-state index in [0.717, 1.165) is 0 Å². The van der Waals surface area contributed by atoms with Crippen LogP contribution in [0.25, 0.3) is 0 Å². The van der Waals surface area contributed by atoms with Crippen molar-refractivity contribution in [3.05, 3.63) is 22.0 Å². The van der Waals surface area contributed by atoms with Crippen LogP contribution >= 0.6 is 0 Å². The van der Waals surface area contributed by atoms with Gasteiger partial charge in [0.05, 0.1) is 16.7 Å². The van der Waals surface area contributed by atoms with Crippen LogP contribution < -0.4 is 0 Å². The lowest BCUT2D eigenvalue weighted by Crippen LogP contribution is -2.32. The summed E-state index contributed by atoms with van der Waals surface area (Å²) in [5.74, 6) is -0.361. The molecule has 100 valence electrons. The van der Waals surface area contributed by atoms with Crippen LogP contribution in [0.3, 0.4) is 0 Å². The van der Waals surface area contributed by atoms with Gasteiger partial charge in [-0.05, 0) is 25.7 Å². The van der Waals surface area contributed by atoms with Crippen LogP contribution in [0.4, 0.5) is 5.69 Å². The average molecular weight is 275 g/mol. The third kappa shape index (κ3) is 2.67. The molecule has 0 aromatic carbocycles. The fraction of sp³-hybridized carbons (Fsp3) is 0.667. The molecule has 1 aliphatic rings. The minimum Gasteiger partial charge on any atom is -0.286 e. The SMILES string of the molecule is Cc1nn(C2CC(CS(=O)(=O)O)C2)cc1[N+](=O)[O-]. The topological polar surface area (TPSA) is 115 Å². The monoisotopic (exact) mass is 275 g/mol. The van der Waals surface area contributed by atoms with Gasteiger partial charge in [0.2, 0.25) is 0 Å². The van der Waals surface area contributed by atoms with Crippen LogP contribution in [0.5, 0.6) is 0 Å². The summed E-state index contributed by atoms with van der Waals surface area (Å²) < 4.78 is 31.5. The molecule has 1 aliphatic carbocycles. The second-order valence-corrected chi connectivity index (χ2v) is 6.07. The Hall–Kier alpha value is -1.48. The van der Waals surface area contributed by atoms with E-state index < -0.39 is 15.0 Å². The second kappa shape index (κ2) is 4.32. The van der Waals surface area contributed by atoms with E-state index in [1.165, 1.54) is 10.9 Å². The normalized spacial score (nSPS) is 23.7. The summed E-state index contributed by atoms with van der Waals surface area (Å²) >= 11 is 0. The minimum absolute atomic E-state index is 0.0239. The molecular formula is C9H13N3O5S. The summed E-state index contributed by atoms with van der Waals surface area (Å²) in [6.45, 7) is 1.56. The molecule has 0 spiro atoms. The molecule has 0 saturated heterocycles. The molecule has 0 radical (unpaired) electrons. The fourth-order valence-electron chi connectivity index (χ4n) is 2.19. The first-order valence-corrected chi connectivity index (χ1v) is 7.02. The Bertz CT molecular complexity index is 573. The molecule has 0 bridgehead atoms. The van der Waals surface area contributed by atoms with Gasteiger partial charge >= 0.3 is 5.69 Å². The molecular weight excluding hydrogens is 262 g/mol. The maximum absolute atomic E-state index is 10.7. The number of aromatic nitrogens is 2. The van der Waals surface area contributed by atoms with Crippen LogP contribution in [0, 0.1) is 23.0 Å². The summed E-state index contributed by atoms with van der Waals surface area (Å²) in [6, 6.07) is -0.0239. The van der Waals surface area contributed by atoms with E-state index in [9.17, 15) is 18.5 Å². The highest BCUT2D eigenvalue weighted by atomic mass is 32.2. The van der Waals surface area contributed by atoms with E-state index in [-0.39, 0.29) is 23.4 Å². The predicted octanol–water partition coefficient (Wildman–Crippen LogP) is 0.939. The van der Waals surface area contributed by atoms with Gasteiger partial charge in [-0.2, -0.15) is 13.5 Å². The van der Waals surface area contributed by atoms with Gasteiger partial charge in [0.1, 0.15) is 11.9 Å². The van der Waals surface area contributed by atoms with Crippen molar-refractivity contribution < 1.29 is 17.9 Å². The summed E-state index contributed by atoms with van der Waals surface area (Å²) in [7, 11) is -3.94. The van der Waals surface area contributed by atoms with Gasteiger partial charge in [-0.1, -0.05) is 0 Å². The van der Waals surface area contributed by atoms with Gasteiger partial charge in [-0.3, -0.25) is 19.3 Å². The maximum Gasteiger partial charge on any atom is 0.309 e. The van der Waals surface area contributed by atoms with Crippen LogP contribution in [0.15, 0.2) is 6.20 Å². The summed E-state index contributed by atoms with van der Waals surface area (Å²) in [4.78, 5) is 10.2. The van der Waals surface area contributed by atoms with Crippen LogP contribution in [-0.4, -0.2) is 33.4 Å². The zero-order chi connectivity index (χ0) is 13.5. The van der Waals surface area contributed by atoms with E-state index in [0.29, 0.717) is 18.5 Å². The molecule has 0 atom stereocenters. The maximum atomic E-state index is 10.7. The first-order valence-electron chi connectivity index (χ1n) is 5.41. The molecule has 8 nitrogen and oxygen atoms in total. The number of rotatable bonds is 4. The van der Waals surface area contributed by atoms with E-state index in [2.05, 4.69) is 5.10 Å². The molecule has 1 fully saturated rings. The highest BCUT2D eigenvalue weighted by molar-refractivity contribution is 7.85. The standard InChI is InChI=1S/C9H13N3O5S/c1-6-9(12(13)14)4-11(10-6)8-2-7(3-8)5-18(15,16)17/h4,7-8H,2-3,5H2,1H3,(H,15,16,17). The van der Waals surface area contributed by atoms with Crippen LogP contribution in [0.2, 0.25) is 0 Å². The van der Waals surface area contributed by atoms with Gasteiger partial charge in [-0.15, -0.1) is 0 Å². The third-order valence-corrected chi connectivity index (χ3v) is 4.01. The van der Waals surface area contributed by atoms with Crippen molar-refractivity contribution in [2.24, 2.45) is 5.92 Å². The lowest BCUT2D eigenvalue weighted by Gasteiger charge is -2.34. The van der Waals surface area contributed by atoms with E-state index in [1.807, 2.05) is 0 Å². The van der Waals surface area contributed by atoms with Crippen molar-refractivity contribution >= 4 is 15.8 Å². The number of hydrogen-bond donors (Lipinski definition) is 1. The first-order chi connectivity index (χ1) is 8.26. The third-order valence-electron chi connectivity index (χ3n) is 3.12. The van der Waals surface area contributed by atoms with Gasteiger partial charge < -0.3 is 0 Å². The number of hydrogen-bond acceptors (Lipinski definition) is 5. The smallest absolute Gasteiger partial charge is 0.286 e. The Morgan fingerprint density at radius 2 is 2.22 bits per heavy atom. The lowest BCUT2D eigenvalue weighted by atomic mass is 9.82. The second-order valence-electron chi connectivity index (χ2n) is 4.58. The van der Waals surface area contributed by atoms with Gasteiger partial charge in [0.25, 0.3) is 10.1 Å². The Labute approximate surface area is 104 Å². The molecule has 18 heavy (non-hydrogen) atoms. The summed E-state index contributed by atoms with van der Waals surface area (Å²) in [6.07, 6.45) is 2.47. The minimum atomic E-state index is -3.94. The molecule has 2 rings (SSSR count). The largest absolute Gasteiger partial charge is 0.309 e. The molecule has 0 amide bonds. The Morgan fingerprint density at radius 1 is 1.61 bits per heavy atom. The molecule has 0 unspecified atom stereocenters. The van der Waals surface area contributed by atoms with Crippen molar-refractivity contribution in [1.82, 2.24) is 9.78 Å². The zero-order valence-electron chi connectivity index (χ0n) is 9.68. The van der Waals surface area contributed by atoms with Gasteiger partial charge in [-0.25, -0.2) is 0 Å². The molecule has 9 heteroatoms. The summed E-state index contributed by atoms with van der Waals surface area (Å²) in [5.41, 5.74) is 0.312. The van der Waals surface area contributed by atoms with Gasteiger partial charge in [0.15, 0.2) is 0 Å². The molecule has 0 aliphatic heterocycles. The van der Waals surface area contributed by atoms with Crippen LogP contribution in [0.1, 0.15) is 24.6 Å². The predicted molar refractivity (Wildman–Crippen MR) is 61.8 cm³/mol. The molecule has 1 aromatic heterocycles.